The van der Waals surface area contributed by atoms with Crippen molar-refractivity contribution < 1.29 is 9.90 Å². The van der Waals surface area contributed by atoms with E-state index in [0.29, 0.717) is 5.16 Å². The minimum absolute atomic E-state index is 0.0624. The fourth-order valence-corrected chi connectivity index (χ4v) is 2.87. The van der Waals surface area contributed by atoms with E-state index in [1.165, 1.54) is 11.8 Å². The average Bonchev–Trinajstić information content (AvgIpc) is 2.83. The van der Waals surface area contributed by atoms with Crippen LogP contribution in [-0.4, -0.2) is 25.8 Å². The Labute approximate surface area is 134 Å². The SMILES string of the molecule is Cc1ccc(C)c(NC(=O)C(C)Sc2ncc(CO)n2C)c1. The molecule has 1 heterocycles. The number of aromatic nitrogens is 2. The van der Waals surface area contributed by atoms with Crippen LogP contribution < -0.4 is 5.32 Å². The summed E-state index contributed by atoms with van der Waals surface area (Å²) in [6.07, 6.45) is 1.62. The van der Waals surface area contributed by atoms with Gasteiger partial charge in [0.2, 0.25) is 5.91 Å². The van der Waals surface area contributed by atoms with Crippen LogP contribution in [0.15, 0.2) is 29.6 Å². The van der Waals surface area contributed by atoms with Gasteiger partial charge in [-0.2, -0.15) is 0 Å². The zero-order valence-corrected chi connectivity index (χ0v) is 14.1. The monoisotopic (exact) mass is 319 g/mol. The van der Waals surface area contributed by atoms with Crippen molar-refractivity contribution in [2.45, 2.75) is 37.8 Å². The summed E-state index contributed by atoms with van der Waals surface area (Å²) in [5.74, 6) is -0.0627. The zero-order chi connectivity index (χ0) is 16.3. The van der Waals surface area contributed by atoms with E-state index in [1.807, 2.05) is 46.0 Å². The van der Waals surface area contributed by atoms with Crippen molar-refractivity contribution >= 4 is 23.4 Å². The minimum atomic E-state index is -0.285. The second-order valence-electron chi connectivity index (χ2n) is 5.32. The normalized spacial score (nSPS) is 12.2. The number of benzene rings is 1. The molecule has 6 heteroatoms. The maximum atomic E-state index is 12.3. The van der Waals surface area contributed by atoms with E-state index in [2.05, 4.69) is 10.3 Å². The Bertz CT molecular complexity index is 682. The molecule has 118 valence electrons. The Hall–Kier alpha value is -1.79. The van der Waals surface area contributed by atoms with Gasteiger partial charge in [0, 0.05) is 12.7 Å². The van der Waals surface area contributed by atoms with Gasteiger partial charge in [0.05, 0.1) is 23.7 Å². The number of aryl methyl sites for hydroxylation is 2. The molecule has 0 aliphatic rings. The first-order chi connectivity index (χ1) is 10.4. The lowest BCUT2D eigenvalue weighted by molar-refractivity contribution is -0.115. The van der Waals surface area contributed by atoms with Gasteiger partial charge in [0.1, 0.15) is 0 Å². The standard InChI is InChI=1S/C16H21N3O2S/c1-10-5-6-11(2)14(7-10)18-15(21)12(3)22-16-17-8-13(9-20)19(16)4/h5-8,12,20H,9H2,1-4H3,(H,18,21). The number of anilines is 1. The summed E-state index contributed by atoms with van der Waals surface area (Å²) in [4.78, 5) is 16.6. The molecule has 1 unspecified atom stereocenters. The fraction of sp³-hybridized carbons (Fsp3) is 0.375. The highest BCUT2D eigenvalue weighted by molar-refractivity contribution is 8.00. The quantitative estimate of drug-likeness (QED) is 0.832. The first-order valence-corrected chi connectivity index (χ1v) is 7.96. The van der Waals surface area contributed by atoms with Crippen molar-refractivity contribution in [2.24, 2.45) is 7.05 Å². The van der Waals surface area contributed by atoms with Crippen molar-refractivity contribution in [3.05, 3.63) is 41.2 Å². The molecule has 2 N–H and O–H groups in total. The zero-order valence-electron chi connectivity index (χ0n) is 13.3. The summed E-state index contributed by atoms with van der Waals surface area (Å²) >= 11 is 1.37. The molecule has 2 aromatic rings. The molecule has 0 saturated carbocycles. The lowest BCUT2D eigenvalue weighted by Gasteiger charge is -2.14. The van der Waals surface area contributed by atoms with Gasteiger partial charge in [-0.3, -0.25) is 4.79 Å². The highest BCUT2D eigenvalue weighted by Crippen LogP contribution is 2.24. The first-order valence-electron chi connectivity index (χ1n) is 7.08. The van der Waals surface area contributed by atoms with Crippen LogP contribution in [0.1, 0.15) is 23.7 Å². The summed E-state index contributed by atoms with van der Waals surface area (Å²) in [6.45, 7) is 5.75. The first kappa shape index (κ1) is 16.6. The van der Waals surface area contributed by atoms with Crippen molar-refractivity contribution in [1.29, 1.82) is 0 Å². The predicted octanol–water partition coefficient (Wildman–Crippen LogP) is 2.65. The molecule has 1 atom stereocenters. The van der Waals surface area contributed by atoms with Crippen LogP contribution in [0.3, 0.4) is 0 Å². The van der Waals surface area contributed by atoms with Crippen LogP contribution in [0.25, 0.3) is 0 Å². The summed E-state index contributed by atoms with van der Waals surface area (Å²) in [6, 6.07) is 5.98. The average molecular weight is 319 g/mol. The Morgan fingerprint density at radius 3 is 2.82 bits per heavy atom. The molecular weight excluding hydrogens is 298 g/mol. The molecule has 0 aliphatic heterocycles. The van der Waals surface area contributed by atoms with Crippen molar-refractivity contribution in [3.8, 4) is 0 Å². The van der Waals surface area contributed by atoms with Gasteiger partial charge in [-0.15, -0.1) is 0 Å². The third kappa shape index (κ3) is 3.69. The number of carbonyl (C=O) groups excluding carboxylic acids is 1. The van der Waals surface area contributed by atoms with E-state index in [-0.39, 0.29) is 17.8 Å². The molecule has 22 heavy (non-hydrogen) atoms. The third-order valence-corrected chi connectivity index (χ3v) is 4.66. The van der Waals surface area contributed by atoms with E-state index in [1.54, 1.807) is 10.8 Å². The molecule has 0 aliphatic carbocycles. The van der Waals surface area contributed by atoms with Crippen LogP contribution in [0.2, 0.25) is 0 Å². The number of nitrogens with zero attached hydrogens (tertiary/aromatic N) is 2. The predicted molar refractivity (Wildman–Crippen MR) is 89.0 cm³/mol. The Balaban J connectivity index is 2.06. The Morgan fingerprint density at radius 2 is 2.18 bits per heavy atom. The van der Waals surface area contributed by atoms with Crippen molar-refractivity contribution in [1.82, 2.24) is 9.55 Å². The van der Waals surface area contributed by atoms with Crippen LogP contribution in [0.5, 0.6) is 0 Å². The van der Waals surface area contributed by atoms with E-state index in [9.17, 15) is 9.90 Å². The minimum Gasteiger partial charge on any atom is -0.390 e. The molecule has 0 spiro atoms. The number of carbonyl (C=O) groups is 1. The Kier molecular flexibility index (Phi) is 5.26. The molecule has 2 rings (SSSR count). The molecular formula is C16H21N3O2S. The molecule has 1 amide bonds. The number of aliphatic hydroxyl groups is 1. The van der Waals surface area contributed by atoms with Crippen molar-refractivity contribution in [3.63, 3.8) is 0 Å². The van der Waals surface area contributed by atoms with Crippen molar-refractivity contribution in [2.75, 3.05) is 5.32 Å². The van der Waals surface area contributed by atoms with Crippen LogP contribution in [-0.2, 0) is 18.4 Å². The topological polar surface area (TPSA) is 67.2 Å². The van der Waals surface area contributed by atoms with Gasteiger partial charge < -0.3 is 15.0 Å². The highest BCUT2D eigenvalue weighted by Gasteiger charge is 2.18. The Morgan fingerprint density at radius 1 is 1.45 bits per heavy atom. The number of hydrogen-bond acceptors (Lipinski definition) is 4. The van der Waals surface area contributed by atoms with Gasteiger partial charge in [-0.1, -0.05) is 23.9 Å². The summed E-state index contributed by atoms with van der Waals surface area (Å²) in [5.41, 5.74) is 3.71. The van der Waals surface area contributed by atoms with Gasteiger partial charge in [-0.05, 0) is 38.0 Å². The molecule has 0 bridgehead atoms. The van der Waals surface area contributed by atoms with E-state index in [4.69, 9.17) is 0 Å². The molecule has 5 nitrogen and oxygen atoms in total. The van der Waals surface area contributed by atoms with Gasteiger partial charge in [0.15, 0.2) is 5.16 Å². The maximum absolute atomic E-state index is 12.3. The largest absolute Gasteiger partial charge is 0.390 e. The molecule has 1 aromatic carbocycles. The van der Waals surface area contributed by atoms with Crippen LogP contribution in [0, 0.1) is 13.8 Å². The molecule has 0 saturated heterocycles. The number of aliphatic hydroxyl groups excluding tert-OH is 1. The number of hydrogen-bond donors (Lipinski definition) is 2. The highest BCUT2D eigenvalue weighted by atomic mass is 32.2. The summed E-state index contributed by atoms with van der Waals surface area (Å²) in [7, 11) is 1.83. The number of thioether (sulfide) groups is 1. The van der Waals surface area contributed by atoms with E-state index in [0.717, 1.165) is 22.5 Å². The lowest BCUT2D eigenvalue weighted by Crippen LogP contribution is -2.23. The lowest BCUT2D eigenvalue weighted by atomic mass is 10.1. The number of rotatable bonds is 5. The van der Waals surface area contributed by atoms with Crippen LogP contribution in [0.4, 0.5) is 5.69 Å². The number of nitrogens with one attached hydrogen (secondary N) is 1. The fourth-order valence-electron chi connectivity index (χ4n) is 2.00. The smallest absolute Gasteiger partial charge is 0.237 e. The van der Waals surface area contributed by atoms with E-state index >= 15 is 0 Å². The van der Waals surface area contributed by atoms with E-state index < -0.39 is 0 Å². The number of amides is 1. The molecule has 1 aromatic heterocycles. The molecule has 0 radical (unpaired) electrons. The number of imidazole rings is 1. The maximum Gasteiger partial charge on any atom is 0.237 e. The summed E-state index contributed by atoms with van der Waals surface area (Å²) < 4.78 is 1.80. The van der Waals surface area contributed by atoms with Gasteiger partial charge >= 0.3 is 0 Å². The second-order valence-corrected chi connectivity index (χ2v) is 6.62. The molecule has 0 fully saturated rings. The van der Waals surface area contributed by atoms with Gasteiger partial charge in [-0.25, -0.2) is 4.98 Å². The second kappa shape index (κ2) is 6.98. The van der Waals surface area contributed by atoms with Crippen LogP contribution >= 0.6 is 11.8 Å². The third-order valence-electron chi connectivity index (χ3n) is 3.51. The van der Waals surface area contributed by atoms with Gasteiger partial charge in [0.25, 0.3) is 0 Å². The summed E-state index contributed by atoms with van der Waals surface area (Å²) in [5, 5.41) is 12.6.